The Morgan fingerprint density at radius 3 is 2.90 bits per heavy atom. The van der Waals surface area contributed by atoms with Gasteiger partial charge in [-0.15, -0.1) is 0 Å². The molecule has 1 aliphatic heterocycles. The smallest absolute Gasteiger partial charge is 0.119 e. The highest BCUT2D eigenvalue weighted by Gasteiger charge is 2.33. The Balaban J connectivity index is 2.65. The van der Waals surface area contributed by atoms with Crippen LogP contribution in [0.15, 0.2) is 0 Å². The zero-order valence-electron chi connectivity index (χ0n) is 6.22. The molecular weight excluding hydrogens is 126 g/mol. The summed E-state index contributed by atoms with van der Waals surface area (Å²) in [7, 11) is 0. The SMILES string of the molecule is CC1NCCCC1(N)C#N. The molecule has 0 aromatic heterocycles. The molecule has 3 N–H and O–H groups in total. The van der Waals surface area contributed by atoms with Gasteiger partial charge in [-0.05, 0) is 26.3 Å². The lowest BCUT2D eigenvalue weighted by Crippen LogP contribution is -2.58. The first-order valence-corrected chi connectivity index (χ1v) is 3.62. The fourth-order valence-electron chi connectivity index (χ4n) is 1.25. The fraction of sp³-hybridized carbons (Fsp3) is 0.857. The highest BCUT2D eigenvalue weighted by Crippen LogP contribution is 2.17. The third kappa shape index (κ3) is 1.13. The lowest BCUT2D eigenvalue weighted by Gasteiger charge is -2.33. The van der Waals surface area contributed by atoms with Crippen LogP contribution in [0.4, 0.5) is 0 Å². The van der Waals surface area contributed by atoms with Crippen LogP contribution in [0.2, 0.25) is 0 Å². The van der Waals surface area contributed by atoms with Crippen LogP contribution in [-0.2, 0) is 0 Å². The number of piperidine rings is 1. The van der Waals surface area contributed by atoms with Crippen molar-refractivity contribution >= 4 is 0 Å². The minimum absolute atomic E-state index is 0.131. The summed E-state index contributed by atoms with van der Waals surface area (Å²) >= 11 is 0. The third-order valence-electron chi connectivity index (χ3n) is 2.20. The molecule has 10 heavy (non-hydrogen) atoms. The van der Waals surface area contributed by atoms with Crippen molar-refractivity contribution < 1.29 is 0 Å². The van der Waals surface area contributed by atoms with Crippen LogP contribution in [0, 0.1) is 11.3 Å². The maximum absolute atomic E-state index is 8.71. The van der Waals surface area contributed by atoms with E-state index >= 15 is 0 Å². The first-order chi connectivity index (χ1) is 4.69. The van der Waals surface area contributed by atoms with Gasteiger partial charge in [0, 0.05) is 6.04 Å². The monoisotopic (exact) mass is 139 g/mol. The Hall–Kier alpha value is -0.590. The number of nitrogens with two attached hydrogens (primary N) is 1. The predicted molar refractivity (Wildman–Crippen MR) is 39.2 cm³/mol. The van der Waals surface area contributed by atoms with Crippen molar-refractivity contribution in [2.45, 2.75) is 31.3 Å². The standard InChI is InChI=1S/C7H13N3/c1-6-7(9,5-8)3-2-4-10-6/h6,10H,2-4,9H2,1H3. The second-order valence-corrected chi connectivity index (χ2v) is 2.93. The van der Waals surface area contributed by atoms with Crippen LogP contribution < -0.4 is 11.1 Å². The van der Waals surface area contributed by atoms with Gasteiger partial charge in [-0.2, -0.15) is 5.26 Å². The van der Waals surface area contributed by atoms with Crippen LogP contribution in [0.5, 0.6) is 0 Å². The second-order valence-electron chi connectivity index (χ2n) is 2.93. The molecular formula is C7H13N3. The van der Waals surface area contributed by atoms with Crippen LogP contribution >= 0.6 is 0 Å². The van der Waals surface area contributed by atoms with Crippen molar-refractivity contribution in [3.05, 3.63) is 0 Å². The minimum Gasteiger partial charge on any atom is -0.312 e. The molecule has 2 atom stereocenters. The summed E-state index contributed by atoms with van der Waals surface area (Å²) in [4.78, 5) is 0. The van der Waals surface area contributed by atoms with E-state index in [1.165, 1.54) is 0 Å². The summed E-state index contributed by atoms with van der Waals surface area (Å²) in [5.41, 5.74) is 5.15. The molecule has 0 aromatic rings. The van der Waals surface area contributed by atoms with Gasteiger partial charge >= 0.3 is 0 Å². The Bertz CT molecular complexity index is 161. The molecule has 56 valence electrons. The van der Waals surface area contributed by atoms with Gasteiger partial charge in [0.05, 0.1) is 6.07 Å². The molecule has 1 heterocycles. The zero-order chi connectivity index (χ0) is 7.61. The Labute approximate surface area is 61.2 Å². The molecule has 0 saturated carbocycles. The maximum atomic E-state index is 8.71. The minimum atomic E-state index is -0.627. The van der Waals surface area contributed by atoms with Crippen molar-refractivity contribution in [3.8, 4) is 6.07 Å². The largest absolute Gasteiger partial charge is 0.312 e. The Morgan fingerprint density at radius 2 is 2.50 bits per heavy atom. The van der Waals surface area contributed by atoms with Crippen molar-refractivity contribution in [2.75, 3.05) is 6.54 Å². The van der Waals surface area contributed by atoms with E-state index in [1.807, 2.05) is 6.92 Å². The molecule has 0 bridgehead atoms. The van der Waals surface area contributed by atoms with Crippen molar-refractivity contribution in [3.63, 3.8) is 0 Å². The number of hydrogen-bond acceptors (Lipinski definition) is 3. The molecule has 1 fully saturated rings. The highest BCUT2D eigenvalue weighted by atomic mass is 15.0. The van der Waals surface area contributed by atoms with E-state index < -0.39 is 5.54 Å². The zero-order valence-corrected chi connectivity index (χ0v) is 6.22. The van der Waals surface area contributed by atoms with Crippen LogP contribution in [0.25, 0.3) is 0 Å². The lowest BCUT2D eigenvalue weighted by molar-refractivity contribution is 0.305. The molecule has 1 aliphatic rings. The molecule has 1 saturated heterocycles. The summed E-state index contributed by atoms with van der Waals surface area (Å²) in [5.74, 6) is 0. The highest BCUT2D eigenvalue weighted by molar-refractivity contribution is 5.12. The first-order valence-electron chi connectivity index (χ1n) is 3.62. The van der Waals surface area contributed by atoms with Gasteiger partial charge in [0.15, 0.2) is 0 Å². The van der Waals surface area contributed by atoms with E-state index in [4.69, 9.17) is 11.0 Å². The molecule has 1 rings (SSSR count). The average molecular weight is 139 g/mol. The fourth-order valence-corrected chi connectivity index (χ4v) is 1.25. The van der Waals surface area contributed by atoms with Crippen LogP contribution in [0.3, 0.4) is 0 Å². The third-order valence-corrected chi connectivity index (χ3v) is 2.20. The number of rotatable bonds is 0. The van der Waals surface area contributed by atoms with Crippen molar-refractivity contribution in [2.24, 2.45) is 5.73 Å². The summed E-state index contributed by atoms with van der Waals surface area (Å²) in [6.45, 7) is 2.95. The van der Waals surface area contributed by atoms with Gasteiger partial charge in [-0.3, -0.25) is 0 Å². The van der Waals surface area contributed by atoms with Gasteiger partial charge in [0.1, 0.15) is 5.54 Å². The number of nitriles is 1. The first kappa shape index (κ1) is 7.52. The van der Waals surface area contributed by atoms with E-state index in [9.17, 15) is 0 Å². The molecule has 0 radical (unpaired) electrons. The summed E-state index contributed by atoms with van der Waals surface area (Å²) in [6, 6.07) is 2.28. The molecule has 2 unspecified atom stereocenters. The summed E-state index contributed by atoms with van der Waals surface area (Å²) in [5, 5.41) is 11.9. The van der Waals surface area contributed by atoms with E-state index in [0.29, 0.717) is 0 Å². The van der Waals surface area contributed by atoms with E-state index in [-0.39, 0.29) is 6.04 Å². The topological polar surface area (TPSA) is 61.8 Å². The quantitative estimate of drug-likeness (QED) is 0.495. The van der Waals surface area contributed by atoms with Gasteiger partial charge in [-0.25, -0.2) is 0 Å². The van der Waals surface area contributed by atoms with E-state index in [0.717, 1.165) is 19.4 Å². The van der Waals surface area contributed by atoms with Gasteiger partial charge in [0.25, 0.3) is 0 Å². The predicted octanol–water partition coefficient (Wildman–Crippen LogP) is -0.0206. The van der Waals surface area contributed by atoms with Crippen LogP contribution in [0.1, 0.15) is 19.8 Å². The van der Waals surface area contributed by atoms with E-state index in [2.05, 4.69) is 11.4 Å². The molecule has 0 aliphatic carbocycles. The molecule has 0 spiro atoms. The number of hydrogen-bond donors (Lipinski definition) is 2. The molecule has 3 nitrogen and oxygen atoms in total. The molecule has 0 aromatic carbocycles. The normalized spacial score (nSPS) is 40.7. The Kier molecular flexibility index (Phi) is 1.93. The molecule has 0 amide bonds. The summed E-state index contributed by atoms with van der Waals surface area (Å²) in [6.07, 6.45) is 1.83. The van der Waals surface area contributed by atoms with E-state index in [1.54, 1.807) is 0 Å². The lowest BCUT2D eigenvalue weighted by atomic mass is 9.86. The van der Waals surface area contributed by atoms with Crippen molar-refractivity contribution in [1.82, 2.24) is 5.32 Å². The van der Waals surface area contributed by atoms with Crippen LogP contribution in [-0.4, -0.2) is 18.1 Å². The average Bonchev–Trinajstić information content (AvgIpc) is 1.96. The number of nitrogens with zero attached hydrogens (tertiary/aromatic N) is 1. The second kappa shape index (κ2) is 2.57. The maximum Gasteiger partial charge on any atom is 0.119 e. The van der Waals surface area contributed by atoms with Gasteiger partial charge in [0.2, 0.25) is 0 Å². The van der Waals surface area contributed by atoms with Crippen molar-refractivity contribution in [1.29, 1.82) is 5.26 Å². The Morgan fingerprint density at radius 1 is 1.80 bits per heavy atom. The number of nitrogens with one attached hydrogen (secondary N) is 1. The van der Waals surface area contributed by atoms with Gasteiger partial charge < -0.3 is 11.1 Å². The molecule has 3 heteroatoms. The van der Waals surface area contributed by atoms with Gasteiger partial charge in [-0.1, -0.05) is 0 Å². The summed E-state index contributed by atoms with van der Waals surface area (Å²) < 4.78 is 0.